The molecule has 6 nitrogen and oxygen atoms in total. The number of nitrogens with zero attached hydrogens (tertiary/aromatic N) is 2. The van der Waals surface area contributed by atoms with Gasteiger partial charge in [-0.2, -0.15) is 0 Å². The lowest BCUT2D eigenvalue weighted by molar-refractivity contribution is 0.102. The first-order valence-corrected chi connectivity index (χ1v) is 9.80. The van der Waals surface area contributed by atoms with Crippen molar-refractivity contribution in [1.29, 1.82) is 0 Å². The number of anilines is 2. The first-order chi connectivity index (χ1) is 13.7. The average Bonchev–Trinajstić information content (AvgIpc) is 3.59. The minimum Gasteiger partial charge on any atom is -0.493 e. The zero-order valence-corrected chi connectivity index (χ0v) is 16.5. The van der Waals surface area contributed by atoms with Crippen LogP contribution in [0.1, 0.15) is 23.2 Å². The normalized spacial score (nSPS) is 17.3. The molecule has 1 saturated heterocycles. The zero-order valence-electron chi connectivity index (χ0n) is 16.5. The van der Waals surface area contributed by atoms with Crippen LogP contribution in [0.4, 0.5) is 11.4 Å². The summed E-state index contributed by atoms with van der Waals surface area (Å²) in [4.78, 5) is 17.6. The number of amides is 1. The van der Waals surface area contributed by atoms with E-state index >= 15 is 0 Å². The monoisotopic (exact) mass is 381 g/mol. The third-order valence-electron chi connectivity index (χ3n) is 5.51. The smallest absolute Gasteiger partial charge is 0.255 e. The predicted octanol–water partition coefficient (Wildman–Crippen LogP) is 3.24. The molecule has 1 amide bonds. The summed E-state index contributed by atoms with van der Waals surface area (Å²) in [6, 6.07) is 14.1. The van der Waals surface area contributed by atoms with Crippen molar-refractivity contribution in [3.63, 3.8) is 0 Å². The molecule has 0 unspecified atom stereocenters. The fourth-order valence-electron chi connectivity index (χ4n) is 3.72. The number of carbonyl (C=O) groups excluding carboxylic acids is 1. The number of nitrogens with one attached hydrogen (secondary N) is 1. The number of hydrogen-bond acceptors (Lipinski definition) is 5. The van der Waals surface area contributed by atoms with Gasteiger partial charge in [-0.05, 0) is 55.3 Å². The van der Waals surface area contributed by atoms with Crippen molar-refractivity contribution in [1.82, 2.24) is 4.90 Å². The second-order valence-corrected chi connectivity index (χ2v) is 7.32. The van der Waals surface area contributed by atoms with E-state index in [4.69, 9.17) is 9.47 Å². The topological polar surface area (TPSA) is 54.0 Å². The fourth-order valence-corrected chi connectivity index (χ4v) is 3.72. The predicted molar refractivity (Wildman–Crippen MR) is 111 cm³/mol. The molecule has 0 atom stereocenters. The van der Waals surface area contributed by atoms with Gasteiger partial charge in [0.25, 0.3) is 5.91 Å². The van der Waals surface area contributed by atoms with Crippen molar-refractivity contribution in [2.45, 2.75) is 18.9 Å². The van der Waals surface area contributed by atoms with Crippen LogP contribution in [0.15, 0.2) is 42.5 Å². The van der Waals surface area contributed by atoms with E-state index in [1.807, 2.05) is 12.1 Å². The second-order valence-electron chi connectivity index (χ2n) is 7.32. The molecule has 0 aromatic heterocycles. The van der Waals surface area contributed by atoms with Crippen LogP contribution in [0.5, 0.6) is 11.5 Å². The van der Waals surface area contributed by atoms with E-state index in [1.165, 1.54) is 18.5 Å². The number of ether oxygens (including phenoxy) is 2. The molecular weight excluding hydrogens is 354 g/mol. The molecule has 2 aromatic carbocycles. The van der Waals surface area contributed by atoms with Crippen LogP contribution in [-0.2, 0) is 0 Å². The molecule has 1 heterocycles. The maximum absolute atomic E-state index is 12.6. The molecule has 0 spiro atoms. The maximum Gasteiger partial charge on any atom is 0.255 e. The minimum absolute atomic E-state index is 0.174. The first kappa shape index (κ1) is 18.6. The van der Waals surface area contributed by atoms with Crippen LogP contribution < -0.4 is 19.7 Å². The summed E-state index contributed by atoms with van der Waals surface area (Å²) < 4.78 is 10.5. The Bertz CT molecular complexity index is 825. The Morgan fingerprint density at radius 3 is 2.21 bits per heavy atom. The molecule has 28 heavy (non-hydrogen) atoms. The summed E-state index contributed by atoms with van der Waals surface area (Å²) in [7, 11) is 3.13. The molecule has 0 bridgehead atoms. The zero-order chi connectivity index (χ0) is 19.5. The van der Waals surface area contributed by atoms with Gasteiger partial charge in [-0.15, -0.1) is 0 Å². The Labute approximate surface area is 166 Å². The van der Waals surface area contributed by atoms with Gasteiger partial charge in [-0.1, -0.05) is 0 Å². The van der Waals surface area contributed by atoms with Gasteiger partial charge in [0.2, 0.25) is 0 Å². The van der Waals surface area contributed by atoms with Gasteiger partial charge in [0.1, 0.15) is 0 Å². The van der Waals surface area contributed by atoms with Crippen LogP contribution in [0, 0.1) is 0 Å². The fraction of sp³-hybridized carbons (Fsp3) is 0.409. The Kier molecular flexibility index (Phi) is 5.39. The summed E-state index contributed by atoms with van der Waals surface area (Å²) in [6.45, 7) is 4.41. The van der Waals surface area contributed by atoms with E-state index in [2.05, 4.69) is 27.2 Å². The Morgan fingerprint density at radius 1 is 0.929 bits per heavy atom. The third-order valence-corrected chi connectivity index (χ3v) is 5.51. The number of piperazine rings is 1. The number of hydrogen-bond donors (Lipinski definition) is 1. The van der Waals surface area contributed by atoms with Crippen molar-refractivity contribution >= 4 is 17.3 Å². The highest BCUT2D eigenvalue weighted by atomic mass is 16.5. The minimum atomic E-state index is -0.174. The molecule has 1 aliphatic heterocycles. The molecule has 2 aromatic rings. The average molecular weight is 381 g/mol. The van der Waals surface area contributed by atoms with Gasteiger partial charge in [-0.25, -0.2) is 0 Å². The van der Waals surface area contributed by atoms with Gasteiger partial charge in [0.15, 0.2) is 11.5 Å². The summed E-state index contributed by atoms with van der Waals surface area (Å²) >= 11 is 0. The van der Waals surface area contributed by atoms with Crippen molar-refractivity contribution in [3.8, 4) is 11.5 Å². The molecule has 148 valence electrons. The highest BCUT2D eigenvalue weighted by molar-refractivity contribution is 6.04. The first-order valence-electron chi connectivity index (χ1n) is 9.80. The summed E-state index contributed by atoms with van der Waals surface area (Å²) in [5, 5.41) is 2.95. The van der Waals surface area contributed by atoms with Crippen molar-refractivity contribution < 1.29 is 14.3 Å². The Balaban J connectivity index is 1.37. The van der Waals surface area contributed by atoms with Gasteiger partial charge >= 0.3 is 0 Å². The van der Waals surface area contributed by atoms with Gasteiger partial charge in [-0.3, -0.25) is 9.69 Å². The SMILES string of the molecule is COc1ccc(C(=O)Nc2ccc(N3CCN(C4CC4)CC3)cc2)cc1OC. The van der Waals surface area contributed by atoms with Crippen LogP contribution in [-0.4, -0.2) is 57.2 Å². The van der Waals surface area contributed by atoms with Crippen molar-refractivity contribution in [3.05, 3.63) is 48.0 Å². The summed E-state index contributed by atoms with van der Waals surface area (Å²) in [5.74, 6) is 0.966. The largest absolute Gasteiger partial charge is 0.493 e. The number of rotatable bonds is 6. The number of methoxy groups -OCH3 is 2. The highest BCUT2D eigenvalue weighted by Gasteiger charge is 2.31. The molecule has 4 rings (SSSR count). The van der Waals surface area contributed by atoms with Crippen LogP contribution in [0.25, 0.3) is 0 Å². The Morgan fingerprint density at radius 2 is 1.61 bits per heavy atom. The van der Waals surface area contributed by atoms with Crippen LogP contribution in [0.3, 0.4) is 0 Å². The second kappa shape index (κ2) is 8.10. The summed E-state index contributed by atoms with van der Waals surface area (Å²) in [6.07, 6.45) is 2.74. The molecule has 1 N–H and O–H groups in total. The van der Waals surface area contributed by atoms with E-state index in [0.717, 1.165) is 37.9 Å². The lowest BCUT2D eigenvalue weighted by Gasteiger charge is -2.36. The molecule has 0 radical (unpaired) electrons. The molecule has 6 heteroatoms. The van der Waals surface area contributed by atoms with Crippen LogP contribution >= 0.6 is 0 Å². The van der Waals surface area contributed by atoms with Gasteiger partial charge in [0, 0.05) is 49.2 Å². The molecular formula is C22H27N3O3. The van der Waals surface area contributed by atoms with E-state index in [0.29, 0.717) is 17.1 Å². The molecule has 2 fully saturated rings. The number of carbonyl (C=O) groups is 1. The van der Waals surface area contributed by atoms with E-state index in [-0.39, 0.29) is 5.91 Å². The number of benzene rings is 2. The van der Waals surface area contributed by atoms with E-state index in [9.17, 15) is 4.79 Å². The van der Waals surface area contributed by atoms with Gasteiger partial charge in [0.05, 0.1) is 14.2 Å². The van der Waals surface area contributed by atoms with E-state index < -0.39 is 0 Å². The van der Waals surface area contributed by atoms with Crippen LogP contribution in [0.2, 0.25) is 0 Å². The lowest BCUT2D eigenvalue weighted by atomic mass is 10.1. The third kappa shape index (κ3) is 4.07. The lowest BCUT2D eigenvalue weighted by Crippen LogP contribution is -2.47. The summed E-state index contributed by atoms with van der Waals surface area (Å²) in [5.41, 5.74) is 2.51. The molecule has 1 aliphatic carbocycles. The highest BCUT2D eigenvalue weighted by Crippen LogP contribution is 2.29. The van der Waals surface area contributed by atoms with Gasteiger partial charge < -0.3 is 19.7 Å². The Hall–Kier alpha value is -2.73. The maximum atomic E-state index is 12.6. The quantitative estimate of drug-likeness (QED) is 0.833. The molecule has 1 saturated carbocycles. The van der Waals surface area contributed by atoms with Crippen molar-refractivity contribution in [2.75, 3.05) is 50.6 Å². The standard InChI is InChI=1S/C22H27N3O3/c1-27-20-10-3-16(15-21(20)28-2)22(26)23-17-4-6-18(7-5-17)24-11-13-25(14-12-24)19-8-9-19/h3-7,10,15,19H,8-9,11-14H2,1-2H3,(H,23,26). The van der Waals surface area contributed by atoms with Crippen molar-refractivity contribution in [2.24, 2.45) is 0 Å². The molecule has 2 aliphatic rings. The van der Waals surface area contributed by atoms with E-state index in [1.54, 1.807) is 32.4 Å².